The minimum Gasteiger partial charge on any atom is -0.392 e. The molecule has 0 aliphatic heterocycles. The second kappa shape index (κ2) is 4.01. The number of nitrogens with one attached hydrogen (secondary N) is 3. The summed E-state index contributed by atoms with van der Waals surface area (Å²) in [6.07, 6.45) is -1.69. The molecule has 2 heterocycles. The number of rotatable bonds is 3. The van der Waals surface area contributed by atoms with Gasteiger partial charge in [0.15, 0.2) is 6.23 Å². The zero-order chi connectivity index (χ0) is 13.4. The molecular formula is C6H8N6O6. The van der Waals surface area contributed by atoms with Crippen LogP contribution in [0.3, 0.4) is 0 Å². The zero-order valence-electron chi connectivity index (χ0n) is 8.65. The van der Waals surface area contributed by atoms with Crippen LogP contribution in [-0.4, -0.2) is 46.1 Å². The summed E-state index contributed by atoms with van der Waals surface area (Å²) >= 11 is 0. The first-order valence-corrected chi connectivity index (χ1v) is 4.60. The highest BCUT2D eigenvalue weighted by Gasteiger charge is 2.18. The maximum atomic E-state index is 11.7. The molecule has 12 heteroatoms. The van der Waals surface area contributed by atoms with Crippen molar-refractivity contribution in [3.8, 4) is 0 Å². The summed E-state index contributed by atoms with van der Waals surface area (Å²) in [7, 11) is 0. The van der Waals surface area contributed by atoms with Crippen molar-refractivity contribution in [3.63, 3.8) is 0 Å². The number of aliphatic hydroxyl groups is 2. The number of hydrogen-bond donors (Lipinski definition) is 5. The fraction of sp³-hybridized carbons (Fsp3) is 0.333. The largest absolute Gasteiger partial charge is 0.392 e. The molecule has 0 saturated heterocycles. The molecule has 2 aromatic heterocycles. The van der Waals surface area contributed by atoms with Crippen LogP contribution in [0.1, 0.15) is 6.23 Å². The smallest absolute Gasteiger partial charge is 0.369 e. The molecule has 0 aromatic carbocycles. The van der Waals surface area contributed by atoms with Crippen LogP contribution < -0.4 is 22.8 Å². The van der Waals surface area contributed by atoms with Crippen molar-refractivity contribution >= 4 is 0 Å². The standard InChI is InChI=1S/C6H8N6O6/c13-1-2(14)10-6(18)12(5(17)9-10)11-3(15)7-8-4(11)16/h2,13-14H,1H2,(H,7,15)(H,8,16)(H,9,17). The molecule has 0 amide bonds. The van der Waals surface area contributed by atoms with Crippen molar-refractivity contribution in [2.75, 3.05) is 6.61 Å². The Morgan fingerprint density at radius 2 is 1.56 bits per heavy atom. The number of hydrogen-bond acceptors (Lipinski definition) is 6. The third kappa shape index (κ3) is 1.56. The van der Waals surface area contributed by atoms with Crippen molar-refractivity contribution in [2.45, 2.75) is 6.23 Å². The van der Waals surface area contributed by atoms with Gasteiger partial charge in [-0.05, 0) is 0 Å². The van der Waals surface area contributed by atoms with E-state index in [0.717, 1.165) is 0 Å². The molecule has 0 radical (unpaired) electrons. The summed E-state index contributed by atoms with van der Waals surface area (Å²) in [5, 5.41) is 23.5. The molecule has 98 valence electrons. The molecular weight excluding hydrogens is 252 g/mol. The Labute approximate surface area is 95.3 Å². The molecule has 0 bridgehead atoms. The summed E-state index contributed by atoms with van der Waals surface area (Å²) < 4.78 is 0.763. The molecule has 0 saturated carbocycles. The molecule has 18 heavy (non-hydrogen) atoms. The lowest BCUT2D eigenvalue weighted by atomic mass is 10.6. The van der Waals surface area contributed by atoms with E-state index in [9.17, 15) is 24.3 Å². The first-order chi connectivity index (χ1) is 8.47. The van der Waals surface area contributed by atoms with Gasteiger partial charge in [0.25, 0.3) is 0 Å². The predicted molar refractivity (Wildman–Crippen MR) is 54.1 cm³/mol. The summed E-state index contributed by atoms with van der Waals surface area (Å²) in [5.41, 5.74) is -4.39. The molecule has 1 atom stereocenters. The number of H-pyrrole nitrogens is 3. The Hall–Kier alpha value is -2.60. The Balaban J connectivity index is 2.80. The zero-order valence-corrected chi connectivity index (χ0v) is 8.65. The number of aromatic amines is 3. The van der Waals surface area contributed by atoms with E-state index in [0.29, 0.717) is 4.68 Å². The Bertz CT molecular complexity index is 753. The van der Waals surface area contributed by atoms with Gasteiger partial charge in [0, 0.05) is 0 Å². The Morgan fingerprint density at radius 3 is 2.06 bits per heavy atom. The molecule has 2 rings (SSSR count). The Morgan fingerprint density at radius 1 is 1.00 bits per heavy atom. The van der Waals surface area contributed by atoms with Crippen LogP contribution in [0.15, 0.2) is 19.2 Å². The first-order valence-electron chi connectivity index (χ1n) is 4.60. The summed E-state index contributed by atoms with van der Waals surface area (Å²) in [6, 6.07) is 0. The van der Waals surface area contributed by atoms with E-state index in [1.54, 1.807) is 0 Å². The van der Waals surface area contributed by atoms with Gasteiger partial charge in [0.1, 0.15) is 0 Å². The van der Waals surface area contributed by atoms with Gasteiger partial charge in [-0.3, -0.25) is 0 Å². The number of aliphatic hydroxyl groups excluding tert-OH is 2. The van der Waals surface area contributed by atoms with Gasteiger partial charge in [0.2, 0.25) is 0 Å². The fourth-order valence-electron chi connectivity index (χ4n) is 1.33. The SMILES string of the molecule is O=c1[nH][nH]c(=O)n1-n1c(=O)[nH]n(C(O)CO)c1=O. The van der Waals surface area contributed by atoms with E-state index in [1.165, 1.54) is 0 Å². The molecule has 0 aliphatic carbocycles. The van der Waals surface area contributed by atoms with E-state index < -0.39 is 35.6 Å². The van der Waals surface area contributed by atoms with Crippen LogP contribution in [0.2, 0.25) is 0 Å². The summed E-state index contributed by atoms with van der Waals surface area (Å²) in [4.78, 5) is 45.6. The van der Waals surface area contributed by atoms with Crippen LogP contribution in [0.25, 0.3) is 0 Å². The van der Waals surface area contributed by atoms with Gasteiger partial charge >= 0.3 is 22.8 Å². The van der Waals surface area contributed by atoms with Gasteiger partial charge in [-0.15, -0.1) is 9.35 Å². The first kappa shape index (κ1) is 11.9. The van der Waals surface area contributed by atoms with E-state index in [1.807, 2.05) is 15.3 Å². The maximum Gasteiger partial charge on any atom is 0.369 e. The molecule has 0 aliphatic rings. The normalized spacial score (nSPS) is 12.8. The molecule has 12 nitrogen and oxygen atoms in total. The van der Waals surface area contributed by atoms with Crippen molar-refractivity contribution < 1.29 is 10.2 Å². The van der Waals surface area contributed by atoms with Gasteiger partial charge in [-0.2, -0.15) is 0 Å². The van der Waals surface area contributed by atoms with Crippen molar-refractivity contribution in [1.29, 1.82) is 0 Å². The van der Waals surface area contributed by atoms with Crippen molar-refractivity contribution in [3.05, 3.63) is 41.9 Å². The van der Waals surface area contributed by atoms with E-state index in [4.69, 9.17) is 5.11 Å². The summed E-state index contributed by atoms with van der Waals surface area (Å²) in [5.74, 6) is 0. The van der Waals surface area contributed by atoms with Crippen LogP contribution in [0, 0.1) is 0 Å². The fourth-order valence-corrected chi connectivity index (χ4v) is 1.33. The molecule has 1 unspecified atom stereocenters. The molecule has 2 aromatic rings. The minimum absolute atomic E-state index is 0.177. The van der Waals surface area contributed by atoms with Crippen LogP contribution >= 0.6 is 0 Å². The Kier molecular flexibility index (Phi) is 2.64. The van der Waals surface area contributed by atoms with Gasteiger partial charge in [-0.25, -0.2) is 39.2 Å². The van der Waals surface area contributed by atoms with Crippen LogP contribution in [0.4, 0.5) is 0 Å². The quantitative estimate of drug-likeness (QED) is 0.371. The lowest BCUT2D eigenvalue weighted by molar-refractivity contribution is 0.0257. The van der Waals surface area contributed by atoms with E-state index in [-0.39, 0.29) is 9.35 Å². The molecule has 0 spiro atoms. The topological polar surface area (TPSA) is 171 Å². The monoisotopic (exact) mass is 260 g/mol. The molecule has 5 N–H and O–H groups in total. The van der Waals surface area contributed by atoms with Crippen LogP contribution in [-0.2, 0) is 0 Å². The number of aromatic nitrogens is 6. The third-order valence-electron chi connectivity index (χ3n) is 2.12. The maximum absolute atomic E-state index is 11.7. The van der Waals surface area contributed by atoms with E-state index >= 15 is 0 Å². The van der Waals surface area contributed by atoms with Gasteiger partial charge in [0.05, 0.1) is 6.61 Å². The second-order valence-corrected chi connectivity index (χ2v) is 3.22. The highest BCUT2D eigenvalue weighted by atomic mass is 16.3. The second-order valence-electron chi connectivity index (χ2n) is 3.22. The van der Waals surface area contributed by atoms with Gasteiger partial charge < -0.3 is 10.2 Å². The molecule has 0 fully saturated rings. The average Bonchev–Trinajstić information content (AvgIpc) is 2.80. The highest BCUT2D eigenvalue weighted by Crippen LogP contribution is 1.90. The average molecular weight is 260 g/mol. The predicted octanol–water partition coefficient (Wildman–Crippen LogP) is -4.69. The van der Waals surface area contributed by atoms with Crippen molar-refractivity contribution in [1.82, 2.24) is 29.3 Å². The van der Waals surface area contributed by atoms with Crippen LogP contribution in [0.5, 0.6) is 0 Å². The highest BCUT2D eigenvalue weighted by molar-refractivity contribution is 4.77. The summed E-state index contributed by atoms with van der Waals surface area (Å²) in [6.45, 7) is -0.835. The minimum atomic E-state index is -1.69. The number of nitrogens with zero attached hydrogens (tertiary/aromatic N) is 3. The third-order valence-corrected chi connectivity index (χ3v) is 2.12. The van der Waals surface area contributed by atoms with Crippen molar-refractivity contribution in [2.24, 2.45) is 0 Å². The lowest BCUT2D eigenvalue weighted by Gasteiger charge is -2.04. The van der Waals surface area contributed by atoms with E-state index in [2.05, 4.69) is 0 Å². The lowest BCUT2D eigenvalue weighted by Crippen LogP contribution is -2.45. The van der Waals surface area contributed by atoms with Gasteiger partial charge in [-0.1, -0.05) is 0 Å².